The molecule has 0 heterocycles. The third-order valence-electron chi connectivity index (χ3n) is 2.48. The van der Waals surface area contributed by atoms with Crippen molar-refractivity contribution in [3.8, 4) is 0 Å². The van der Waals surface area contributed by atoms with Crippen molar-refractivity contribution < 1.29 is 13.2 Å². The third kappa shape index (κ3) is 4.31. The van der Waals surface area contributed by atoms with Crippen molar-refractivity contribution in [2.24, 2.45) is 0 Å². The summed E-state index contributed by atoms with van der Waals surface area (Å²) in [4.78, 5) is 11.8. The number of anilines is 1. The van der Waals surface area contributed by atoms with Crippen LogP contribution in [-0.2, 0) is 9.84 Å². The van der Waals surface area contributed by atoms with Gasteiger partial charge in [-0.3, -0.25) is 4.79 Å². The number of benzene rings is 1. The Labute approximate surface area is 112 Å². The zero-order chi connectivity index (χ0) is 13.8. The zero-order valence-corrected chi connectivity index (χ0v) is 11.7. The summed E-state index contributed by atoms with van der Waals surface area (Å²) in [6.45, 7) is 1.79. The molecule has 1 aromatic rings. The molecular formula is C12H16ClNO3S. The number of carbonyl (C=O) groups excluding carboxylic acids is 1. The minimum atomic E-state index is -3.13. The molecule has 0 aliphatic carbocycles. The van der Waals surface area contributed by atoms with E-state index in [0.717, 1.165) is 0 Å². The van der Waals surface area contributed by atoms with Crippen molar-refractivity contribution >= 4 is 32.9 Å². The van der Waals surface area contributed by atoms with Gasteiger partial charge in [0.1, 0.15) is 0 Å². The van der Waals surface area contributed by atoms with Crippen LogP contribution in [0.5, 0.6) is 0 Å². The van der Waals surface area contributed by atoms with Crippen LogP contribution in [0.3, 0.4) is 0 Å². The van der Waals surface area contributed by atoms with Crippen LogP contribution in [0.25, 0.3) is 0 Å². The van der Waals surface area contributed by atoms with Crippen LogP contribution in [0.15, 0.2) is 18.2 Å². The number of hydrogen-bond donors (Lipinski definition) is 1. The molecular weight excluding hydrogens is 274 g/mol. The fraction of sp³-hybridized carbons (Fsp3) is 0.417. The van der Waals surface area contributed by atoms with E-state index in [4.69, 9.17) is 17.3 Å². The SMILES string of the molecule is CCCS(=O)(=O)CCC(=O)c1ccc(N)c(Cl)c1. The topological polar surface area (TPSA) is 77.2 Å². The molecule has 0 saturated carbocycles. The van der Waals surface area contributed by atoms with Crippen molar-refractivity contribution in [3.05, 3.63) is 28.8 Å². The molecule has 100 valence electrons. The van der Waals surface area contributed by atoms with Gasteiger partial charge < -0.3 is 5.73 Å². The molecule has 0 aliphatic rings. The Morgan fingerprint density at radius 1 is 1.33 bits per heavy atom. The van der Waals surface area contributed by atoms with E-state index >= 15 is 0 Å². The van der Waals surface area contributed by atoms with E-state index in [-0.39, 0.29) is 23.7 Å². The van der Waals surface area contributed by atoms with Gasteiger partial charge >= 0.3 is 0 Å². The quantitative estimate of drug-likeness (QED) is 0.644. The number of ketones is 1. The van der Waals surface area contributed by atoms with E-state index in [9.17, 15) is 13.2 Å². The Morgan fingerprint density at radius 3 is 2.56 bits per heavy atom. The van der Waals surface area contributed by atoms with E-state index < -0.39 is 9.84 Å². The predicted molar refractivity (Wildman–Crippen MR) is 73.8 cm³/mol. The van der Waals surface area contributed by atoms with Crippen LogP contribution in [0, 0.1) is 0 Å². The number of nitrogens with two attached hydrogens (primary N) is 1. The van der Waals surface area contributed by atoms with E-state index in [0.29, 0.717) is 22.7 Å². The van der Waals surface area contributed by atoms with Crippen molar-refractivity contribution in [1.82, 2.24) is 0 Å². The van der Waals surface area contributed by atoms with E-state index in [1.807, 2.05) is 0 Å². The van der Waals surface area contributed by atoms with Crippen LogP contribution >= 0.6 is 11.6 Å². The van der Waals surface area contributed by atoms with Crippen molar-refractivity contribution in [3.63, 3.8) is 0 Å². The van der Waals surface area contributed by atoms with Gasteiger partial charge in [-0.2, -0.15) is 0 Å². The number of hydrogen-bond acceptors (Lipinski definition) is 4. The lowest BCUT2D eigenvalue weighted by Crippen LogP contribution is -2.14. The molecule has 2 N–H and O–H groups in total. The second-order valence-electron chi connectivity index (χ2n) is 4.06. The van der Waals surface area contributed by atoms with Gasteiger partial charge in [0, 0.05) is 17.7 Å². The van der Waals surface area contributed by atoms with Crippen molar-refractivity contribution in [1.29, 1.82) is 0 Å². The lowest BCUT2D eigenvalue weighted by Gasteiger charge is -2.04. The maximum Gasteiger partial charge on any atom is 0.163 e. The summed E-state index contributed by atoms with van der Waals surface area (Å²) in [6.07, 6.45) is 0.535. The van der Waals surface area contributed by atoms with Crippen LogP contribution in [0.2, 0.25) is 5.02 Å². The number of Topliss-reactive ketones (excluding diaryl/α,β-unsaturated/α-hetero) is 1. The van der Waals surface area contributed by atoms with Gasteiger partial charge in [0.25, 0.3) is 0 Å². The number of carbonyl (C=O) groups is 1. The molecule has 1 rings (SSSR count). The van der Waals surface area contributed by atoms with Gasteiger partial charge in [-0.15, -0.1) is 0 Å². The van der Waals surface area contributed by atoms with Gasteiger partial charge in [0.2, 0.25) is 0 Å². The van der Waals surface area contributed by atoms with Gasteiger partial charge in [-0.05, 0) is 24.6 Å². The van der Waals surface area contributed by atoms with Gasteiger partial charge in [0.15, 0.2) is 15.6 Å². The standard InChI is InChI=1S/C12H16ClNO3S/c1-2-6-18(16,17)7-5-12(15)9-3-4-11(14)10(13)8-9/h3-4,8H,2,5-7,14H2,1H3. The highest BCUT2D eigenvalue weighted by molar-refractivity contribution is 7.91. The number of nitrogen functional groups attached to an aromatic ring is 1. The molecule has 0 fully saturated rings. The predicted octanol–water partition coefficient (Wildman–Crippen LogP) is 2.32. The monoisotopic (exact) mass is 289 g/mol. The van der Waals surface area contributed by atoms with Gasteiger partial charge in [-0.25, -0.2) is 8.42 Å². The molecule has 0 spiro atoms. The minimum Gasteiger partial charge on any atom is -0.398 e. The average molecular weight is 290 g/mol. The molecule has 0 bridgehead atoms. The fourth-order valence-electron chi connectivity index (χ4n) is 1.51. The molecule has 6 heteroatoms. The zero-order valence-electron chi connectivity index (χ0n) is 10.1. The Kier molecular flexibility index (Phi) is 5.16. The Hall–Kier alpha value is -1.07. The van der Waals surface area contributed by atoms with Crippen LogP contribution < -0.4 is 5.73 Å². The Bertz CT molecular complexity index is 540. The molecule has 0 atom stereocenters. The van der Waals surface area contributed by atoms with Gasteiger partial charge in [0.05, 0.1) is 16.5 Å². The van der Waals surface area contributed by atoms with Crippen molar-refractivity contribution in [2.45, 2.75) is 19.8 Å². The second-order valence-corrected chi connectivity index (χ2v) is 6.77. The number of halogens is 1. The van der Waals surface area contributed by atoms with Crippen LogP contribution in [0.1, 0.15) is 30.1 Å². The molecule has 4 nitrogen and oxygen atoms in total. The maximum absolute atomic E-state index is 11.8. The smallest absolute Gasteiger partial charge is 0.163 e. The number of rotatable bonds is 6. The first-order valence-electron chi connectivity index (χ1n) is 5.64. The fourth-order valence-corrected chi connectivity index (χ4v) is 3.01. The van der Waals surface area contributed by atoms with E-state index in [1.54, 1.807) is 13.0 Å². The van der Waals surface area contributed by atoms with Gasteiger partial charge in [-0.1, -0.05) is 18.5 Å². The van der Waals surface area contributed by atoms with Crippen LogP contribution in [-0.4, -0.2) is 25.7 Å². The third-order valence-corrected chi connectivity index (χ3v) is 4.66. The van der Waals surface area contributed by atoms with Crippen LogP contribution in [0.4, 0.5) is 5.69 Å². The lowest BCUT2D eigenvalue weighted by molar-refractivity contribution is 0.0989. The summed E-state index contributed by atoms with van der Waals surface area (Å²) in [6, 6.07) is 4.55. The Balaban J connectivity index is 2.69. The minimum absolute atomic E-state index is 0.0252. The highest BCUT2D eigenvalue weighted by Gasteiger charge is 2.14. The maximum atomic E-state index is 11.8. The summed E-state index contributed by atoms with van der Waals surface area (Å²) in [7, 11) is -3.13. The molecule has 0 unspecified atom stereocenters. The first-order chi connectivity index (χ1) is 8.35. The largest absolute Gasteiger partial charge is 0.398 e. The van der Waals surface area contributed by atoms with E-state index in [1.165, 1.54) is 12.1 Å². The summed E-state index contributed by atoms with van der Waals surface area (Å²) in [5, 5.41) is 0.303. The summed E-state index contributed by atoms with van der Waals surface area (Å²) in [5.41, 5.74) is 6.32. The highest BCUT2D eigenvalue weighted by Crippen LogP contribution is 2.20. The highest BCUT2D eigenvalue weighted by atomic mass is 35.5. The molecule has 0 saturated heterocycles. The summed E-state index contributed by atoms with van der Waals surface area (Å²) >= 11 is 5.80. The number of sulfone groups is 1. The Morgan fingerprint density at radius 2 is 2.00 bits per heavy atom. The first kappa shape index (κ1) is 15.0. The molecule has 1 aromatic carbocycles. The summed E-state index contributed by atoms with van der Waals surface area (Å²) < 4.78 is 23.0. The molecule has 0 amide bonds. The summed E-state index contributed by atoms with van der Waals surface area (Å²) in [5.74, 6) is -0.249. The van der Waals surface area contributed by atoms with E-state index in [2.05, 4.69) is 0 Å². The normalized spacial score (nSPS) is 11.4. The molecule has 0 radical (unpaired) electrons. The molecule has 0 aromatic heterocycles. The average Bonchev–Trinajstić information content (AvgIpc) is 2.30. The molecule has 18 heavy (non-hydrogen) atoms. The second kappa shape index (κ2) is 6.20. The first-order valence-corrected chi connectivity index (χ1v) is 7.84. The lowest BCUT2D eigenvalue weighted by atomic mass is 10.1. The van der Waals surface area contributed by atoms with Crippen molar-refractivity contribution in [2.75, 3.05) is 17.2 Å². The molecule has 0 aliphatic heterocycles.